The van der Waals surface area contributed by atoms with Crippen LogP contribution in [0.2, 0.25) is 0 Å². The Morgan fingerprint density at radius 2 is 1.95 bits per heavy atom. The summed E-state index contributed by atoms with van der Waals surface area (Å²) in [5.41, 5.74) is 0.800. The number of benzene rings is 1. The molecule has 22 heavy (non-hydrogen) atoms. The largest absolute Gasteiger partial charge is 0.236 e. The third-order valence-electron chi connectivity index (χ3n) is 4.18. The van der Waals surface area contributed by atoms with Gasteiger partial charge in [-0.15, -0.1) is 11.8 Å². The molecular formula is C16H20N2O2S2. The van der Waals surface area contributed by atoms with Crippen molar-refractivity contribution in [2.45, 2.75) is 42.0 Å². The van der Waals surface area contributed by atoms with Gasteiger partial charge in [0.05, 0.1) is 10.4 Å². The summed E-state index contributed by atoms with van der Waals surface area (Å²) >= 11 is 1.73. The molecule has 0 aliphatic heterocycles. The van der Waals surface area contributed by atoms with Gasteiger partial charge >= 0.3 is 0 Å². The van der Waals surface area contributed by atoms with Crippen LogP contribution >= 0.6 is 11.8 Å². The second-order valence-corrected chi connectivity index (χ2v) is 8.97. The lowest BCUT2D eigenvalue weighted by atomic mass is 9.91. The Morgan fingerprint density at radius 3 is 2.68 bits per heavy atom. The monoisotopic (exact) mass is 336 g/mol. The van der Waals surface area contributed by atoms with Crippen LogP contribution in [0.5, 0.6) is 0 Å². The van der Waals surface area contributed by atoms with E-state index in [4.69, 9.17) is 0 Å². The van der Waals surface area contributed by atoms with Gasteiger partial charge < -0.3 is 0 Å². The van der Waals surface area contributed by atoms with Crippen LogP contribution in [0.15, 0.2) is 34.4 Å². The summed E-state index contributed by atoms with van der Waals surface area (Å²) in [7, 11) is -3.21. The molecule has 2 aromatic rings. The van der Waals surface area contributed by atoms with Crippen LogP contribution in [-0.2, 0) is 9.84 Å². The first-order valence-corrected chi connectivity index (χ1v) is 10.5. The lowest BCUT2D eigenvalue weighted by Gasteiger charge is -2.20. The van der Waals surface area contributed by atoms with Crippen LogP contribution in [0, 0.1) is 5.92 Å². The molecule has 0 atom stereocenters. The van der Waals surface area contributed by atoms with Crippen LogP contribution in [0.25, 0.3) is 10.9 Å². The van der Waals surface area contributed by atoms with Crippen molar-refractivity contribution >= 4 is 32.5 Å². The van der Waals surface area contributed by atoms with Gasteiger partial charge in [-0.05, 0) is 37.0 Å². The zero-order chi connectivity index (χ0) is 15.6. The number of hydrogen-bond acceptors (Lipinski definition) is 5. The molecule has 1 aromatic heterocycles. The lowest BCUT2D eigenvalue weighted by molar-refractivity contribution is 0.391. The van der Waals surface area contributed by atoms with Crippen molar-refractivity contribution in [3.05, 3.63) is 24.5 Å². The number of hydrogen-bond donors (Lipinski definition) is 0. The molecule has 0 unspecified atom stereocenters. The fraction of sp³-hybridized carbons (Fsp3) is 0.500. The fourth-order valence-corrected chi connectivity index (χ4v) is 4.72. The van der Waals surface area contributed by atoms with E-state index in [0.29, 0.717) is 4.90 Å². The van der Waals surface area contributed by atoms with E-state index in [1.165, 1.54) is 38.4 Å². The van der Waals surface area contributed by atoms with Crippen LogP contribution in [0.4, 0.5) is 0 Å². The number of thioether (sulfide) groups is 1. The Bertz CT molecular complexity index is 769. The Balaban J connectivity index is 1.87. The lowest BCUT2D eigenvalue weighted by Crippen LogP contribution is -2.08. The summed E-state index contributed by atoms with van der Waals surface area (Å²) in [5.74, 6) is 1.80. The minimum Gasteiger partial charge on any atom is -0.236 e. The summed E-state index contributed by atoms with van der Waals surface area (Å²) in [6.45, 7) is 0. The smallest absolute Gasteiger partial charge is 0.175 e. The highest BCUT2D eigenvalue weighted by Gasteiger charge is 2.16. The van der Waals surface area contributed by atoms with Crippen molar-refractivity contribution in [3.8, 4) is 0 Å². The first kappa shape index (κ1) is 15.7. The topological polar surface area (TPSA) is 59.9 Å². The molecule has 0 saturated heterocycles. The van der Waals surface area contributed by atoms with Gasteiger partial charge in [0.1, 0.15) is 11.4 Å². The number of aromatic nitrogens is 2. The van der Waals surface area contributed by atoms with Gasteiger partial charge in [-0.3, -0.25) is 0 Å². The number of sulfone groups is 1. The van der Waals surface area contributed by atoms with E-state index >= 15 is 0 Å². The third kappa shape index (κ3) is 3.60. The molecule has 0 amide bonds. The van der Waals surface area contributed by atoms with Crippen LogP contribution in [0.1, 0.15) is 32.1 Å². The second-order valence-electron chi connectivity index (χ2n) is 5.94. The van der Waals surface area contributed by atoms with E-state index in [-0.39, 0.29) is 0 Å². The van der Waals surface area contributed by atoms with Gasteiger partial charge in [0, 0.05) is 17.4 Å². The van der Waals surface area contributed by atoms with Crippen molar-refractivity contribution in [1.29, 1.82) is 0 Å². The van der Waals surface area contributed by atoms with Crippen molar-refractivity contribution in [2.24, 2.45) is 5.92 Å². The standard InChI is InChI=1S/C16H20N2O2S2/c1-22(19,20)13-7-8-15-14(9-13)16(18-11-17-15)21-10-12-5-3-2-4-6-12/h7-9,11-12H,2-6,10H2,1H3. The first-order chi connectivity index (χ1) is 10.5. The van der Waals surface area contributed by atoms with Crippen LogP contribution < -0.4 is 0 Å². The Hall–Kier alpha value is -1.14. The molecule has 1 saturated carbocycles. The normalized spacial score (nSPS) is 17.0. The van der Waals surface area contributed by atoms with Crippen molar-refractivity contribution < 1.29 is 8.42 Å². The van der Waals surface area contributed by atoms with Gasteiger partial charge in [0.25, 0.3) is 0 Å². The quantitative estimate of drug-likeness (QED) is 0.629. The summed E-state index contributed by atoms with van der Waals surface area (Å²) in [5, 5.41) is 1.73. The van der Waals surface area contributed by atoms with Gasteiger partial charge in [-0.2, -0.15) is 0 Å². The van der Waals surface area contributed by atoms with Gasteiger partial charge in [-0.25, -0.2) is 18.4 Å². The SMILES string of the molecule is CS(=O)(=O)c1ccc2ncnc(SCC3CCCCC3)c2c1. The second kappa shape index (κ2) is 6.54. The maximum absolute atomic E-state index is 11.7. The predicted molar refractivity (Wildman–Crippen MR) is 89.9 cm³/mol. The third-order valence-corrected chi connectivity index (χ3v) is 6.53. The van der Waals surface area contributed by atoms with Crippen molar-refractivity contribution in [1.82, 2.24) is 9.97 Å². The maximum Gasteiger partial charge on any atom is 0.175 e. The van der Waals surface area contributed by atoms with Gasteiger partial charge in [-0.1, -0.05) is 19.3 Å². The molecular weight excluding hydrogens is 316 g/mol. The zero-order valence-electron chi connectivity index (χ0n) is 12.7. The fourth-order valence-electron chi connectivity index (χ4n) is 2.91. The molecule has 6 heteroatoms. The van der Waals surface area contributed by atoms with Crippen molar-refractivity contribution in [2.75, 3.05) is 12.0 Å². The van der Waals surface area contributed by atoms with E-state index in [1.807, 2.05) is 0 Å². The van der Waals surface area contributed by atoms with E-state index in [2.05, 4.69) is 9.97 Å². The van der Waals surface area contributed by atoms with Gasteiger partial charge in [0.15, 0.2) is 9.84 Å². The molecule has 0 radical (unpaired) electrons. The molecule has 0 N–H and O–H groups in total. The number of fused-ring (bicyclic) bond motifs is 1. The molecule has 1 aliphatic rings. The highest BCUT2D eigenvalue weighted by Crippen LogP contribution is 2.32. The minimum absolute atomic E-state index is 0.328. The minimum atomic E-state index is -3.21. The molecule has 1 aromatic carbocycles. The summed E-state index contributed by atoms with van der Waals surface area (Å²) in [6.07, 6.45) is 9.39. The molecule has 0 bridgehead atoms. The van der Waals surface area contributed by atoms with E-state index < -0.39 is 9.84 Å². The van der Waals surface area contributed by atoms with E-state index in [1.54, 1.807) is 36.3 Å². The molecule has 3 rings (SSSR count). The average molecular weight is 336 g/mol. The van der Waals surface area contributed by atoms with E-state index in [0.717, 1.165) is 27.6 Å². The van der Waals surface area contributed by atoms with E-state index in [9.17, 15) is 8.42 Å². The zero-order valence-corrected chi connectivity index (χ0v) is 14.3. The van der Waals surface area contributed by atoms with Gasteiger partial charge in [0.2, 0.25) is 0 Å². The molecule has 1 heterocycles. The molecule has 0 spiro atoms. The molecule has 4 nitrogen and oxygen atoms in total. The molecule has 1 aliphatic carbocycles. The summed E-state index contributed by atoms with van der Waals surface area (Å²) in [6, 6.07) is 5.08. The highest BCUT2D eigenvalue weighted by atomic mass is 32.2. The highest BCUT2D eigenvalue weighted by molar-refractivity contribution is 7.99. The number of nitrogens with zero attached hydrogens (tertiary/aromatic N) is 2. The molecule has 1 fully saturated rings. The first-order valence-electron chi connectivity index (χ1n) is 7.61. The van der Waals surface area contributed by atoms with Crippen LogP contribution in [0.3, 0.4) is 0 Å². The summed E-state index contributed by atoms with van der Waals surface area (Å²) < 4.78 is 23.5. The molecule has 118 valence electrons. The Kier molecular flexibility index (Phi) is 4.68. The number of rotatable bonds is 4. The average Bonchev–Trinajstić information content (AvgIpc) is 2.52. The Labute approximate surface area is 135 Å². The van der Waals surface area contributed by atoms with Crippen LogP contribution in [-0.4, -0.2) is 30.4 Å². The van der Waals surface area contributed by atoms with Crippen molar-refractivity contribution in [3.63, 3.8) is 0 Å². The predicted octanol–water partition coefficient (Wildman–Crippen LogP) is 3.71. The maximum atomic E-state index is 11.7. The Morgan fingerprint density at radius 1 is 1.18 bits per heavy atom. The summed E-state index contributed by atoms with van der Waals surface area (Å²) in [4.78, 5) is 8.94.